The smallest absolute Gasteiger partial charge is 0.120 e. The number of allylic oxidation sites excluding steroid dienone is 3. The molecular weight excluding hydrogens is 270 g/mol. The lowest BCUT2D eigenvalue weighted by atomic mass is 9.99. The minimum atomic E-state index is 0.0638. The zero-order valence-electron chi connectivity index (χ0n) is 14.4. The van der Waals surface area contributed by atoms with Crippen LogP contribution in [0.4, 0.5) is 0 Å². The minimum absolute atomic E-state index is 0.0638. The first-order valence-electron chi connectivity index (χ1n) is 8.17. The van der Waals surface area contributed by atoms with Gasteiger partial charge in [0.2, 0.25) is 0 Å². The van der Waals surface area contributed by atoms with Crippen LogP contribution in [0.1, 0.15) is 57.8 Å². The van der Waals surface area contributed by atoms with Gasteiger partial charge in [0.05, 0.1) is 6.26 Å². The first-order valence-corrected chi connectivity index (χ1v) is 8.17. The summed E-state index contributed by atoms with van der Waals surface area (Å²) in [6.07, 6.45) is 10.5. The van der Waals surface area contributed by atoms with E-state index in [1.165, 1.54) is 27.6 Å². The summed E-state index contributed by atoms with van der Waals surface area (Å²) in [5.74, 6) is 0. The van der Waals surface area contributed by atoms with E-state index in [-0.39, 0.29) is 6.10 Å². The quantitative estimate of drug-likeness (QED) is 0.597. The predicted octanol–water partition coefficient (Wildman–Crippen LogP) is 5.99. The van der Waals surface area contributed by atoms with Gasteiger partial charge in [-0.1, -0.05) is 32.1 Å². The number of aromatic nitrogens is 1. The Morgan fingerprint density at radius 3 is 2.73 bits per heavy atom. The molecule has 1 atom stereocenters. The maximum Gasteiger partial charge on any atom is 0.120 e. The third-order valence-electron chi connectivity index (χ3n) is 4.08. The first kappa shape index (κ1) is 16.4. The molecule has 1 heterocycles. The van der Waals surface area contributed by atoms with E-state index in [2.05, 4.69) is 62.9 Å². The Kier molecular flexibility index (Phi) is 5.48. The van der Waals surface area contributed by atoms with Crippen LogP contribution in [0, 0.1) is 0 Å². The Morgan fingerprint density at radius 1 is 1.32 bits per heavy atom. The Labute approximate surface area is 134 Å². The monoisotopic (exact) mass is 297 g/mol. The van der Waals surface area contributed by atoms with E-state index >= 15 is 0 Å². The second-order valence-electron chi connectivity index (χ2n) is 5.67. The van der Waals surface area contributed by atoms with E-state index in [9.17, 15) is 0 Å². The molecule has 2 rings (SSSR count). The minimum Gasteiger partial charge on any atom is -0.494 e. The van der Waals surface area contributed by atoms with Crippen molar-refractivity contribution in [3.8, 4) is 0 Å². The molecule has 0 aliphatic heterocycles. The van der Waals surface area contributed by atoms with Crippen molar-refractivity contribution in [2.24, 2.45) is 7.05 Å². The molecule has 0 radical (unpaired) electrons. The number of benzene rings is 1. The number of nitrogens with zero attached hydrogens (tertiary/aromatic N) is 1. The van der Waals surface area contributed by atoms with Gasteiger partial charge in [-0.15, -0.1) is 0 Å². The molecule has 1 aromatic heterocycles. The lowest BCUT2D eigenvalue weighted by molar-refractivity contribution is 0.164. The highest BCUT2D eigenvalue weighted by atomic mass is 16.5. The van der Waals surface area contributed by atoms with Crippen LogP contribution in [0.3, 0.4) is 0 Å². The number of aryl methyl sites for hydroxylation is 1. The molecule has 0 bridgehead atoms. The van der Waals surface area contributed by atoms with E-state index in [0.717, 1.165) is 12.8 Å². The molecule has 2 aromatic rings. The highest BCUT2D eigenvalue weighted by Crippen LogP contribution is 2.31. The lowest BCUT2D eigenvalue weighted by Crippen LogP contribution is -1.95. The van der Waals surface area contributed by atoms with Crippen LogP contribution in [0.2, 0.25) is 0 Å². The SMILES string of the molecule is C/C=C\OC(C)c1ccc2c(c1)c(/C(=C/CC)CC)cn2C. The fourth-order valence-corrected chi connectivity index (χ4v) is 2.88. The van der Waals surface area contributed by atoms with Crippen LogP contribution in [0.15, 0.2) is 42.8 Å². The maximum atomic E-state index is 5.71. The van der Waals surface area contributed by atoms with Crippen molar-refractivity contribution in [1.29, 1.82) is 0 Å². The van der Waals surface area contributed by atoms with Crippen molar-refractivity contribution in [2.75, 3.05) is 0 Å². The molecule has 0 amide bonds. The van der Waals surface area contributed by atoms with Gasteiger partial charge in [-0.2, -0.15) is 0 Å². The summed E-state index contributed by atoms with van der Waals surface area (Å²) in [5.41, 5.74) is 5.26. The summed E-state index contributed by atoms with van der Waals surface area (Å²) < 4.78 is 7.92. The summed E-state index contributed by atoms with van der Waals surface area (Å²) in [6, 6.07) is 6.64. The molecule has 0 spiro atoms. The number of rotatable bonds is 6. The normalized spacial score (nSPS) is 14.0. The fraction of sp³-hybridized carbons (Fsp3) is 0.400. The zero-order chi connectivity index (χ0) is 16.1. The topological polar surface area (TPSA) is 14.2 Å². The van der Waals surface area contributed by atoms with Crippen molar-refractivity contribution in [3.05, 3.63) is 53.9 Å². The van der Waals surface area contributed by atoms with Gasteiger partial charge in [0.15, 0.2) is 0 Å². The largest absolute Gasteiger partial charge is 0.494 e. The van der Waals surface area contributed by atoms with E-state index in [1.54, 1.807) is 6.26 Å². The van der Waals surface area contributed by atoms with Crippen LogP contribution in [-0.4, -0.2) is 4.57 Å². The van der Waals surface area contributed by atoms with Gasteiger partial charge < -0.3 is 9.30 Å². The van der Waals surface area contributed by atoms with E-state index < -0.39 is 0 Å². The van der Waals surface area contributed by atoms with Crippen LogP contribution in [0.25, 0.3) is 16.5 Å². The maximum absolute atomic E-state index is 5.71. The second-order valence-corrected chi connectivity index (χ2v) is 5.67. The molecule has 22 heavy (non-hydrogen) atoms. The molecular formula is C20H27NO. The van der Waals surface area contributed by atoms with E-state index in [4.69, 9.17) is 4.74 Å². The highest BCUT2D eigenvalue weighted by Gasteiger charge is 2.12. The van der Waals surface area contributed by atoms with Crippen LogP contribution in [0.5, 0.6) is 0 Å². The summed E-state index contributed by atoms with van der Waals surface area (Å²) in [7, 11) is 2.12. The Hall–Kier alpha value is -1.96. The average molecular weight is 297 g/mol. The molecule has 118 valence electrons. The number of ether oxygens (including phenoxy) is 1. The second kappa shape index (κ2) is 7.35. The molecule has 2 nitrogen and oxygen atoms in total. The zero-order valence-corrected chi connectivity index (χ0v) is 14.4. The molecule has 0 fully saturated rings. The van der Waals surface area contributed by atoms with Gasteiger partial charge in [0.25, 0.3) is 0 Å². The predicted molar refractivity (Wildman–Crippen MR) is 95.8 cm³/mol. The first-order chi connectivity index (χ1) is 10.6. The van der Waals surface area contributed by atoms with E-state index in [0.29, 0.717) is 0 Å². The van der Waals surface area contributed by atoms with Crippen molar-refractivity contribution in [1.82, 2.24) is 4.57 Å². The summed E-state index contributed by atoms with van der Waals surface area (Å²) in [4.78, 5) is 0. The molecule has 0 saturated heterocycles. The summed E-state index contributed by atoms with van der Waals surface area (Å²) >= 11 is 0. The fourth-order valence-electron chi connectivity index (χ4n) is 2.88. The number of hydrogen-bond donors (Lipinski definition) is 0. The molecule has 1 aromatic carbocycles. The average Bonchev–Trinajstić information content (AvgIpc) is 2.86. The number of fused-ring (bicyclic) bond motifs is 1. The van der Waals surface area contributed by atoms with Gasteiger partial charge >= 0.3 is 0 Å². The van der Waals surface area contributed by atoms with Crippen LogP contribution < -0.4 is 0 Å². The van der Waals surface area contributed by atoms with Crippen LogP contribution >= 0.6 is 0 Å². The van der Waals surface area contributed by atoms with Gasteiger partial charge in [0.1, 0.15) is 6.10 Å². The summed E-state index contributed by atoms with van der Waals surface area (Å²) in [5, 5.41) is 1.32. The van der Waals surface area contributed by atoms with Gasteiger partial charge in [-0.25, -0.2) is 0 Å². The van der Waals surface area contributed by atoms with Crippen molar-refractivity contribution < 1.29 is 4.74 Å². The van der Waals surface area contributed by atoms with Gasteiger partial charge in [-0.3, -0.25) is 0 Å². The molecule has 0 N–H and O–H groups in total. The lowest BCUT2D eigenvalue weighted by Gasteiger charge is -2.12. The Balaban J connectivity index is 2.52. The van der Waals surface area contributed by atoms with Gasteiger partial charge in [0, 0.05) is 29.7 Å². The third kappa shape index (κ3) is 3.27. The summed E-state index contributed by atoms with van der Waals surface area (Å²) in [6.45, 7) is 8.47. The highest BCUT2D eigenvalue weighted by molar-refractivity contribution is 5.93. The van der Waals surface area contributed by atoms with Crippen molar-refractivity contribution >= 4 is 16.5 Å². The van der Waals surface area contributed by atoms with Crippen LogP contribution in [-0.2, 0) is 11.8 Å². The third-order valence-corrected chi connectivity index (χ3v) is 4.08. The number of hydrogen-bond acceptors (Lipinski definition) is 1. The molecule has 1 unspecified atom stereocenters. The Morgan fingerprint density at radius 2 is 2.09 bits per heavy atom. The van der Waals surface area contributed by atoms with Crippen molar-refractivity contribution in [2.45, 2.75) is 46.6 Å². The molecule has 0 saturated carbocycles. The molecule has 0 aliphatic rings. The van der Waals surface area contributed by atoms with E-state index in [1.807, 2.05) is 13.0 Å². The Bertz CT molecular complexity index is 691. The van der Waals surface area contributed by atoms with Gasteiger partial charge in [-0.05, 0) is 50.0 Å². The molecule has 2 heteroatoms. The standard InChI is InChI=1S/C20H27NO/c1-6-9-16(8-3)19-14-21(5)20-11-10-17(13-18(19)20)15(4)22-12-7-2/h7,9-15H,6,8H2,1-5H3/b12-7-,16-9+. The van der Waals surface area contributed by atoms with Crippen molar-refractivity contribution in [3.63, 3.8) is 0 Å². The molecule has 0 aliphatic carbocycles.